The molecule has 1 radical (unpaired) electrons. The predicted octanol–water partition coefficient (Wildman–Crippen LogP) is 3.73. The second-order valence-corrected chi connectivity index (χ2v) is 6.40. The summed E-state index contributed by atoms with van der Waals surface area (Å²) in [7, 11) is 0. The van der Waals surface area contributed by atoms with Crippen molar-refractivity contribution in [1.29, 1.82) is 0 Å². The number of fused-ring (bicyclic) bond motifs is 1. The van der Waals surface area contributed by atoms with Crippen LogP contribution in [0.25, 0.3) is 17.0 Å². The summed E-state index contributed by atoms with van der Waals surface area (Å²) < 4.78 is 0. The maximum atomic E-state index is 12.4. The standard InChI is InChI=1S/C18H15NO2S.Ta/c1-11-7-8-13(22-11)9-10-16(20)17-12(2)14-5-3-4-6-15(14)19-18(17)21;/h3-10H,1-2H3,(H,19,20,21);/p-1/b10-9+;. The summed E-state index contributed by atoms with van der Waals surface area (Å²) in [5.74, 6) is -0.299. The summed E-state index contributed by atoms with van der Waals surface area (Å²) >= 11 is 1.60. The first-order chi connectivity index (χ1) is 10.6. The maximum absolute atomic E-state index is 12.4. The van der Waals surface area contributed by atoms with E-state index >= 15 is 0 Å². The van der Waals surface area contributed by atoms with E-state index in [-0.39, 0.29) is 33.7 Å². The molecular weight excluding hydrogens is 475 g/mol. The Balaban J connectivity index is 0.00000192. The third-order valence-electron chi connectivity index (χ3n) is 3.53. The molecule has 0 aliphatic rings. The summed E-state index contributed by atoms with van der Waals surface area (Å²) in [5.41, 5.74) is 1.00. The van der Waals surface area contributed by atoms with E-state index in [1.165, 1.54) is 11.0 Å². The zero-order chi connectivity index (χ0) is 15.7. The molecule has 2 aromatic heterocycles. The van der Waals surface area contributed by atoms with Gasteiger partial charge in [0.15, 0.2) is 5.78 Å². The Bertz CT molecular complexity index is 953. The molecule has 0 aliphatic heterocycles. The number of para-hydroxylation sites is 1. The van der Waals surface area contributed by atoms with Crippen molar-refractivity contribution in [3.63, 3.8) is 0 Å². The van der Waals surface area contributed by atoms with E-state index in [1.807, 2.05) is 37.3 Å². The third-order valence-corrected chi connectivity index (χ3v) is 4.49. The zero-order valence-electron chi connectivity index (χ0n) is 12.7. The van der Waals surface area contributed by atoms with Gasteiger partial charge < -0.3 is 9.78 Å². The summed E-state index contributed by atoms with van der Waals surface area (Å²) in [6, 6.07) is 11.3. The summed E-state index contributed by atoms with van der Waals surface area (Å²) in [6.07, 6.45) is 3.19. The molecule has 0 atom stereocenters. The molecule has 1 aromatic carbocycles. The van der Waals surface area contributed by atoms with Gasteiger partial charge in [-0.2, -0.15) is 0 Å². The van der Waals surface area contributed by atoms with Crippen LogP contribution < -0.4 is 10.5 Å². The quantitative estimate of drug-likeness (QED) is 0.416. The minimum atomic E-state index is -0.465. The Morgan fingerprint density at radius 2 is 1.87 bits per heavy atom. The van der Waals surface area contributed by atoms with Crippen molar-refractivity contribution in [3.8, 4) is 0 Å². The fraction of sp³-hybridized carbons (Fsp3) is 0.111. The van der Waals surface area contributed by atoms with Crippen LogP contribution in [0.4, 0.5) is 0 Å². The van der Waals surface area contributed by atoms with Crippen LogP contribution in [-0.4, -0.2) is 5.78 Å². The van der Waals surface area contributed by atoms with Crippen molar-refractivity contribution < 1.29 is 27.2 Å². The second kappa shape index (κ2) is 7.23. The van der Waals surface area contributed by atoms with E-state index < -0.39 is 5.56 Å². The topological polar surface area (TPSA) is 48.2 Å². The predicted molar refractivity (Wildman–Crippen MR) is 90.7 cm³/mol. The number of carbonyl (C=O) groups excluding carboxylic acids is 1. The molecule has 0 fully saturated rings. The molecule has 115 valence electrons. The van der Waals surface area contributed by atoms with Gasteiger partial charge in [0.2, 0.25) is 0 Å². The smallest absolute Gasteiger partial charge is 0.188 e. The van der Waals surface area contributed by atoms with Crippen molar-refractivity contribution in [2.45, 2.75) is 13.8 Å². The van der Waals surface area contributed by atoms with Gasteiger partial charge in [0.25, 0.3) is 0 Å². The van der Waals surface area contributed by atoms with Crippen molar-refractivity contribution >= 4 is 34.1 Å². The molecule has 0 saturated carbocycles. The summed E-state index contributed by atoms with van der Waals surface area (Å²) in [5, 5.41) is 0.839. The normalized spacial score (nSPS) is 10.9. The number of hydrogen-bond acceptors (Lipinski definition) is 3. The monoisotopic (exact) mass is 489 g/mol. The van der Waals surface area contributed by atoms with Crippen LogP contribution in [0, 0.1) is 13.8 Å². The number of ketones is 1. The molecule has 0 bridgehead atoms. The van der Waals surface area contributed by atoms with E-state index in [0.717, 1.165) is 10.3 Å². The minimum absolute atomic E-state index is 0. The molecule has 3 aromatic rings. The van der Waals surface area contributed by atoms with Crippen LogP contribution in [0.2, 0.25) is 0 Å². The van der Waals surface area contributed by atoms with Crippen LogP contribution in [0.15, 0.2) is 47.3 Å². The third kappa shape index (κ3) is 3.62. The molecule has 23 heavy (non-hydrogen) atoms. The Kier molecular flexibility index (Phi) is 5.55. The first kappa shape index (κ1) is 17.6. The molecule has 0 aliphatic carbocycles. The number of hydrogen-bond donors (Lipinski definition) is 0. The fourth-order valence-electron chi connectivity index (χ4n) is 2.42. The molecule has 3 nitrogen and oxygen atoms in total. The number of carbonyl (C=O) groups is 1. The molecule has 0 saturated heterocycles. The Hall–Kier alpha value is -1.72. The molecule has 0 spiro atoms. The average molecular weight is 489 g/mol. The average Bonchev–Trinajstić information content (AvgIpc) is 2.91. The SMILES string of the molecule is Cc1ccc(/C=C/C(=O)c2c(C)c3ccccc3[n-]c2=O)s1.[Ta]. The summed E-state index contributed by atoms with van der Waals surface area (Å²) in [6.45, 7) is 3.80. The molecule has 2 heterocycles. The van der Waals surface area contributed by atoms with Crippen LogP contribution in [0.3, 0.4) is 0 Å². The van der Waals surface area contributed by atoms with Gasteiger partial charge in [-0.3, -0.25) is 4.79 Å². The van der Waals surface area contributed by atoms with Crippen LogP contribution in [0.1, 0.15) is 25.7 Å². The molecular formula is C18H14NO2STa-. The number of benzene rings is 1. The summed E-state index contributed by atoms with van der Waals surface area (Å²) in [4.78, 5) is 30.7. The van der Waals surface area contributed by atoms with Crippen LogP contribution >= 0.6 is 11.3 Å². The van der Waals surface area contributed by atoms with Crippen molar-refractivity contribution in [2.75, 3.05) is 0 Å². The van der Waals surface area contributed by atoms with Gasteiger partial charge >= 0.3 is 0 Å². The van der Waals surface area contributed by atoms with Crippen molar-refractivity contribution in [1.82, 2.24) is 4.98 Å². The van der Waals surface area contributed by atoms with Gasteiger partial charge in [0, 0.05) is 32.1 Å². The number of rotatable bonds is 3. The minimum Gasteiger partial charge on any atom is -0.622 e. The van der Waals surface area contributed by atoms with Gasteiger partial charge in [0.05, 0.1) is 11.1 Å². The maximum Gasteiger partial charge on any atom is 0.188 e. The molecule has 3 rings (SSSR count). The zero-order valence-corrected chi connectivity index (χ0v) is 16.8. The van der Waals surface area contributed by atoms with Gasteiger partial charge in [-0.25, -0.2) is 0 Å². The van der Waals surface area contributed by atoms with E-state index in [9.17, 15) is 9.59 Å². The second-order valence-electron chi connectivity index (χ2n) is 5.08. The Morgan fingerprint density at radius 3 is 2.57 bits per heavy atom. The Morgan fingerprint density at radius 1 is 1.13 bits per heavy atom. The molecule has 0 unspecified atom stereocenters. The number of allylic oxidation sites excluding steroid dienone is 1. The van der Waals surface area contributed by atoms with Gasteiger partial charge in [-0.05, 0) is 49.1 Å². The Labute approximate surface area is 153 Å². The molecule has 0 N–H and O–H groups in total. The van der Waals surface area contributed by atoms with Gasteiger partial charge in [0.1, 0.15) is 0 Å². The fourth-order valence-corrected chi connectivity index (χ4v) is 3.20. The van der Waals surface area contributed by atoms with Crippen molar-refractivity contribution in [2.24, 2.45) is 0 Å². The number of nitrogens with zero attached hydrogens (tertiary/aromatic N) is 1. The number of thiophene rings is 1. The van der Waals surface area contributed by atoms with Gasteiger partial charge in [-0.15, -0.1) is 16.9 Å². The molecule has 0 amide bonds. The van der Waals surface area contributed by atoms with E-state index in [4.69, 9.17) is 0 Å². The number of aromatic nitrogens is 1. The van der Waals surface area contributed by atoms with Gasteiger partial charge in [-0.1, -0.05) is 24.3 Å². The van der Waals surface area contributed by atoms with E-state index in [0.29, 0.717) is 11.1 Å². The van der Waals surface area contributed by atoms with Crippen LogP contribution in [0.5, 0.6) is 0 Å². The molecule has 5 heteroatoms. The van der Waals surface area contributed by atoms with Crippen LogP contribution in [-0.2, 0) is 22.4 Å². The van der Waals surface area contributed by atoms with E-state index in [2.05, 4.69) is 4.98 Å². The largest absolute Gasteiger partial charge is 0.622 e. The van der Waals surface area contributed by atoms with Crippen molar-refractivity contribution in [3.05, 3.63) is 73.7 Å². The van der Waals surface area contributed by atoms with E-state index in [1.54, 1.807) is 30.4 Å². The first-order valence-electron chi connectivity index (χ1n) is 6.91. The first-order valence-corrected chi connectivity index (χ1v) is 7.73. The number of pyridine rings is 1. The number of aryl methyl sites for hydroxylation is 2.